The van der Waals surface area contributed by atoms with E-state index in [1.807, 2.05) is 25.1 Å². The number of nitrogens with zero attached hydrogens (tertiary/aromatic N) is 1. The zero-order valence-electron chi connectivity index (χ0n) is 18.7. The number of nitrogens with one attached hydrogen (secondary N) is 1. The largest absolute Gasteiger partial charge is 0.493 e. The molecule has 170 valence electrons. The van der Waals surface area contributed by atoms with Crippen LogP contribution in [0.1, 0.15) is 28.3 Å². The van der Waals surface area contributed by atoms with Crippen molar-refractivity contribution < 1.29 is 23.5 Å². The SMILES string of the molecule is COc1ccc(CC(=O)N2CC(=O)Nc3ccc(C)cc3C2c2ccc(F)cc2)cc1OC. The summed E-state index contributed by atoms with van der Waals surface area (Å²) >= 11 is 0. The smallest absolute Gasteiger partial charge is 0.244 e. The second-order valence-electron chi connectivity index (χ2n) is 7.98. The first kappa shape index (κ1) is 22.3. The molecule has 6 nitrogen and oxygen atoms in total. The molecule has 4 rings (SSSR count). The van der Waals surface area contributed by atoms with Gasteiger partial charge < -0.3 is 19.7 Å². The highest BCUT2D eigenvalue weighted by Gasteiger charge is 2.33. The predicted octanol–water partition coefficient (Wildman–Crippen LogP) is 4.26. The molecule has 2 amide bonds. The second kappa shape index (κ2) is 9.32. The summed E-state index contributed by atoms with van der Waals surface area (Å²) in [5.41, 5.74) is 3.86. The lowest BCUT2D eigenvalue weighted by atomic mass is 9.94. The van der Waals surface area contributed by atoms with Crippen molar-refractivity contribution in [1.82, 2.24) is 4.90 Å². The summed E-state index contributed by atoms with van der Waals surface area (Å²) in [4.78, 5) is 27.8. The Bertz CT molecular complexity index is 1190. The van der Waals surface area contributed by atoms with Crippen molar-refractivity contribution in [2.75, 3.05) is 26.1 Å². The van der Waals surface area contributed by atoms with Crippen molar-refractivity contribution in [3.05, 3.63) is 88.7 Å². The molecule has 1 heterocycles. The highest BCUT2D eigenvalue weighted by atomic mass is 19.1. The van der Waals surface area contributed by atoms with Gasteiger partial charge in [-0.05, 0) is 48.4 Å². The molecule has 0 saturated carbocycles. The van der Waals surface area contributed by atoms with Crippen LogP contribution in [-0.2, 0) is 16.0 Å². The first-order chi connectivity index (χ1) is 15.9. The Balaban J connectivity index is 1.76. The van der Waals surface area contributed by atoms with Crippen LogP contribution in [0.4, 0.5) is 10.1 Å². The van der Waals surface area contributed by atoms with Gasteiger partial charge in [0.15, 0.2) is 11.5 Å². The Labute approximate surface area is 191 Å². The summed E-state index contributed by atoms with van der Waals surface area (Å²) in [5, 5.41) is 2.90. The van der Waals surface area contributed by atoms with E-state index in [0.717, 1.165) is 22.3 Å². The van der Waals surface area contributed by atoms with Gasteiger partial charge in [-0.15, -0.1) is 0 Å². The summed E-state index contributed by atoms with van der Waals surface area (Å²) < 4.78 is 24.3. The predicted molar refractivity (Wildman–Crippen MR) is 123 cm³/mol. The third-order valence-corrected chi connectivity index (χ3v) is 5.71. The lowest BCUT2D eigenvalue weighted by Crippen LogP contribution is -2.39. The first-order valence-corrected chi connectivity index (χ1v) is 10.6. The van der Waals surface area contributed by atoms with Gasteiger partial charge in [0.1, 0.15) is 12.4 Å². The zero-order chi connectivity index (χ0) is 23.5. The Morgan fingerprint density at radius 3 is 2.45 bits per heavy atom. The van der Waals surface area contributed by atoms with Crippen molar-refractivity contribution in [3.63, 3.8) is 0 Å². The Kier molecular flexibility index (Phi) is 6.31. The molecule has 1 N–H and O–H groups in total. The van der Waals surface area contributed by atoms with E-state index in [1.165, 1.54) is 19.2 Å². The number of carbonyl (C=O) groups excluding carboxylic acids is 2. The number of hydrogen-bond donors (Lipinski definition) is 1. The number of anilines is 1. The number of benzene rings is 3. The monoisotopic (exact) mass is 448 g/mol. The van der Waals surface area contributed by atoms with E-state index in [2.05, 4.69) is 5.32 Å². The molecule has 3 aromatic rings. The summed E-state index contributed by atoms with van der Waals surface area (Å²) in [5.74, 6) is 0.199. The topological polar surface area (TPSA) is 67.9 Å². The molecule has 7 heteroatoms. The minimum absolute atomic E-state index is 0.0620. The van der Waals surface area contributed by atoms with E-state index in [0.29, 0.717) is 17.2 Å². The molecule has 0 saturated heterocycles. The molecule has 0 fully saturated rings. The fraction of sp³-hybridized carbons (Fsp3) is 0.231. The van der Waals surface area contributed by atoms with E-state index < -0.39 is 6.04 Å². The second-order valence-corrected chi connectivity index (χ2v) is 7.98. The fourth-order valence-corrected chi connectivity index (χ4v) is 4.13. The molecular weight excluding hydrogens is 423 g/mol. The van der Waals surface area contributed by atoms with Crippen molar-refractivity contribution >= 4 is 17.5 Å². The number of carbonyl (C=O) groups is 2. The van der Waals surface area contributed by atoms with Gasteiger partial charge >= 0.3 is 0 Å². The van der Waals surface area contributed by atoms with Gasteiger partial charge in [-0.1, -0.05) is 35.9 Å². The normalized spacial score (nSPS) is 15.3. The Morgan fingerprint density at radius 2 is 1.76 bits per heavy atom. The summed E-state index contributed by atoms with van der Waals surface area (Å²) in [6.07, 6.45) is 0.0620. The number of ether oxygens (including phenoxy) is 2. The average Bonchev–Trinajstić information content (AvgIpc) is 2.95. The van der Waals surface area contributed by atoms with Crippen molar-refractivity contribution in [3.8, 4) is 11.5 Å². The average molecular weight is 448 g/mol. The number of aryl methyl sites for hydroxylation is 1. The molecule has 1 aliphatic rings. The maximum atomic E-state index is 13.7. The molecule has 1 unspecified atom stereocenters. The van der Waals surface area contributed by atoms with Gasteiger partial charge in [0, 0.05) is 11.3 Å². The lowest BCUT2D eigenvalue weighted by Gasteiger charge is -2.31. The number of amides is 2. The molecule has 1 atom stereocenters. The van der Waals surface area contributed by atoms with Gasteiger partial charge in [-0.2, -0.15) is 0 Å². The van der Waals surface area contributed by atoms with Gasteiger partial charge in [0.05, 0.1) is 26.7 Å². The molecule has 0 bridgehead atoms. The van der Waals surface area contributed by atoms with E-state index >= 15 is 0 Å². The molecule has 0 radical (unpaired) electrons. The van der Waals surface area contributed by atoms with Gasteiger partial charge in [-0.3, -0.25) is 9.59 Å². The standard InChI is InChI=1S/C26H25FN2O4/c1-16-4-10-21-20(12-16)26(18-6-8-19(27)9-7-18)29(15-24(30)28-21)25(31)14-17-5-11-22(32-2)23(13-17)33-3/h4-13,26H,14-15H2,1-3H3,(H,28,30). The Morgan fingerprint density at radius 1 is 1.03 bits per heavy atom. The number of rotatable bonds is 5. The maximum absolute atomic E-state index is 13.7. The number of halogens is 1. The van der Waals surface area contributed by atoms with Crippen LogP contribution in [0.3, 0.4) is 0 Å². The van der Waals surface area contributed by atoms with Crippen LogP contribution in [0.15, 0.2) is 60.7 Å². The first-order valence-electron chi connectivity index (χ1n) is 10.6. The number of hydrogen-bond acceptors (Lipinski definition) is 4. The quantitative estimate of drug-likeness (QED) is 0.633. The van der Waals surface area contributed by atoms with Crippen LogP contribution >= 0.6 is 0 Å². The minimum Gasteiger partial charge on any atom is -0.493 e. The highest BCUT2D eigenvalue weighted by molar-refractivity contribution is 5.97. The van der Waals surface area contributed by atoms with Crippen LogP contribution in [0.2, 0.25) is 0 Å². The summed E-state index contributed by atoms with van der Waals surface area (Å²) in [6.45, 7) is 1.83. The molecular formula is C26H25FN2O4. The lowest BCUT2D eigenvalue weighted by molar-refractivity contribution is -0.135. The minimum atomic E-state index is -0.549. The summed E-state index contributed by atoms with van der Waals surface area (Å²) in [6, 6.07) is 16.5. The molecule has 0 aliphatic carbocycles. The third kappa shape index (κ3) is 4.67. The van der Waals surface area contributed by atoms with E-state index in [4.69, 9.17) is 9.47 Å². The maximum Gasteiger partial charge on any atom is 0.244 e. The Hall–Kier alpha value is -3.87. The molecule has 33 heavy (non-hydrogen) atoms. The van der Waals surface area contributed by atoms with Crippen LogP contribution in [0, 0.1) is 12.7 Å². The number of methoxy groups -OCH3 is 2. The van der Waals surface area contributed by atoms with Crippen LogP contribution in [0.25, 0.3) is 0 Å². The zero-order valence-corrected chi connectivity index (χ0v) is 18.7. The van der Waals surface area contributed by atoms with E-state index in [-0.39, 0.29) is 30.6 Å². The van der Waals surface area contributed by atoms with Crippen molar-refractivity contribution in [1.29, 1.82) is 0 Å². The highest BCUT2D eigenvalue weighted by Crippen LogP contribution is 2.37. The molecule has 1 aliphatic heterocycles. The number of fused-ring (bicyclic) bond motifs is 1. The van der Waals surface area contributed by atoms with E-state index in [1.54, 1.807) is 42.3 Å². The molecule has 0 spiro atoms. The van der Waals surface area contributed by atoms with Gasteiger partial charge in [0.25, 0.3) is 0 Å². The molecule has 0 aromatic heterocycles. The van der Waals surface area contributed by atoms with E-state index in [9.17, 15) is 14.0 Å². The third-order valence-electron chi connectivity index (χ3n) is 5.71. The van der Waals surface area contributed by atoms with Gasteiger partial charge in [-0.25, -0.2) is 4.39 Å². The van der Waals surface area contributed by atoms with Crippen LogP contribution in [0.5, 0.6) is 11.5 Å². The van der Waals surface area contributed by atoms with Crippen LogP contribution < -0.4 is 14.8 Å². The van der Waals surface area contributed by atoms with Crippen molar-refractivity contribution in [2.45, 2.75) is 19.4 Å². The molecule has 3 aromatic carbocycles. The fourth-order valence-electron chi connectivity index (χ4n) is 4.13. The van der Waals surface area contributed by atoms with Crippen molar-refractivity contribution in [2.24, 2.45) is 0 Å². The summed E-state index contributed by atoms with van der Waals surface area (Å²) in [7, 11) is 3.08. The van der Waals surface area contributed by atoms with Crippen LogP contribution in [-0.4, -0.2) is 37.5 Å². The van der Waals surface area contributed by atoms with Gasteiger partial charge in [0.2, 0.25) is 11.8 Å².